The van der Waals surface area contributed by atoms with Gasteiger partial charge in [-0.05, 0) is 0 Å². The second-order valence-electron chi connectivity index (χ2n) is 1.98. The highest BCUT2D eigenvalue weighted by atomic mass is 16.5. The van der Waals surface area contributed by atoms with E-state index in [-0.39, 0.29) is 6.42 Å². The zero-order valence-corrected chi connectivity index (χ0v) is 6.24. The minimum atomic E-state index is -1.02. The van der Waals surface area contributed by atoms with Gasteiger partial charge in [-0.25, -0.2) is 0 Å². The van der Waals surface area contributed by atoms with E-state index in [0.29, 0.717) is 0 Å². The van der Waals surface area contributed by atoms with E-state index in [4.69, 9.17) is 5.11 Å². The van der Waals surface area contributed by atoms with E-state index >= 15 is 0 Å². The quantitative estimate of drug-likeness (QED) is 0.480. The molecular formula is C7H10O4. The molecular weight excluding hydrogens is 148 g/mol. The second-order valence-corrected chi connectivity index (χ2v) is 1.98. The molecule has 0 aromatic heterocycles. The van der Waals surface area contributed by atoms with Gasteiger partial charge in [0, 0.05) is 6.92 Å². The molecule has 11 heavy (non-hydrogen) atoms. The maximum atomic E-state index is 10.3. The fourth-order valence-electron chi connectivity index (χ4n) is 0.558. The summed E-state index contributed by atoms with van der Waals surface area (Å²) in [6.45, 7) is 4.55. The standard InChI is InChI=1S/C7H10O4/c1-3-6(4-7(9)10)11-5(2)8/h3,6H,1,4H2,2H3,(H,9,10). The first kappa shape index (κ1) is 9.68. The molecule has 0 aliphatic carbocycles. The van der Waals surface area contributed by atoms with Crippen LogP contribution in [-0.2, 0) is 14.3 Å². The third-order valence-corrected chi connectivity index (χ3v) is 0.956. The lowest BCUT2D eigenvalue weighted by Crippen LogP contribution is -2.17. The molecule has 0 radical (unpaired) electrons. The third kappa shape index (κ3) is 5.14. The lowest BCUT2D eigenvalue weighted by Gasteiger charge is -2.08. The lowest BCUT2D eigenvalue weighted by molar-refractivity contribution is -0.148. The van der Waals surface area contributed by atoms with Crippen LogP contribution in [0, 0.1) is 0 Å². The van der Waals surface area contributed by atoms with Crippen molar-refractivity contribution in [1.82, 2.24) is 0 Å². The van der Waals surface area contributed by atoms with E-state index in [2.05, 4.69) is 11.3 Å². The first-order valence-corrected chi connectivity index (χ1v) is 3.08. The molecule has 62 valence electrons. The number of esters is 1. The van der Waals surface area contributed by atoms with Gasteiger partial charge in [-0.3, -0.25) is 9.59 Å². The van der Waals surface area contributed by atoms with Gasteiger partial charge in [0.25, 0.3) is 0 Å². The Morgan fingerprint density at radius 1 is 1.73 bits per heavy atom. The lowest BCUT2D eigenvalue weighted by atomic mass is 10.2. The van der Waals surface area contributed by atoms with Crippen LogP contribution in [0.3, 0.4) is 0 Å². The molecule has 0 aromatic carbocycles. The number of ether oxygens (including phenoxy) is 1. The van der Waals surface area contributed by atoms with E-state index < -0.39 is 18.0 Å². The highest BCUT2D eigenvalue weighted by molar-refractivity contribution is 5.70. The predicted molar refractivity (Wildman–Crippen MR) is 38.0 cm³/mol. The summed E-state index contributed by atoms with van der Waals surface area (Å²) in [4.78, 5) is 20.4. The highest BCUT2D eigenvalue weighted by Crippen LogP contribution is 1.99. The number of carboxylic acid groups (broad SMARTS) is 1. The Hall–Kier alpha value is -1.32. The van der Waals surface area contributed by atoms with Crippen molar-refractivity contribution in [3.63, 3.8) is 0 Å². The molecule has 0 aliphatic heterocycles. The Morgan fingerprint density at radius 3 is 2.55 bits per heavy atom. The monoisotopic (exact) mass is 158 g/mol. The van der Waals surface area contributed by atoms with E-state index in [1.807, 2.05) is 0 Å². The number of carbonyl (C=O) groups is 2. The van der Waals surface area contributed by atoms with Crippen molar-refractivity contribution in [2.45, 2.75) is 19.4 Å². The third-order valence-electron chi connectivity index (χ3n) is 0.956. The summed E-state index contributed by atoms with van der Waals surface area (Å²) in [6.07, 6.45) is 0.337. The van der Waals surface area contributed by atoms with E-state index in [9.17, 15) is 9.59 Å². The Balaban J connectivity index is 3.85. The molecule has 0 fully saturated rings. The van der Waals surface area contributed by atoms with Crippen LogP contribution in [-0.4, -0.2) is 23.1 Å². The van der Waals surface area contributed by atoms with Crippen molar-refractivity contribution in [2.24, 2.45) is 0 Å². The summed E-state index contributed by atoms with van der Waals surface area (Å²) < 4.78 is 4.57. The summed E-state index contributed by atoms with van der Waals surface area (Å²) >= 11 is 0. The van der Waals surface area contributed by atoms with Gasteiger partial charge in [-0.1, -0.05) is 12.7 Å². The normalized spacial score (nSPS) is 11.7. The molecule has 0 saturated carbocycles. The molecule has 0 aliphatic rings. The van der Waals surface area contributed by atoms with Crippen LogP contribution in [0.1, 0.15) is 13.3 Å². The summed E-state index contributed by atoms with van der Waals surface area (Å²) in [5, 5.41) is 8.29. The van der Waals surface area contributed by atoms with Crippen molar-refractivity contribution in [1.29, 1.82) is 0 Å². The van der Waals surface area contributed by atoms with Gasteiger partial charge >= 0.3 is 11.9 Å². The first-order chi connectivity index (χ1) is 5.06. The molecule has 1 N–H and O–H groups in total. The van der Waals surface area contributed by atoms with Crippen LogP contribution < -0.4 is 0 Å². The molecule has 4 heteroatoms. The first-order valence-electron chi connectivity index (χ1n) is 3.08. The Kier molecular flexibility index (Phi) is 3.95. The summed E-state index contributed by atoms with van der Waals surface area (Å²) in [7, 11) is 0. The van der Waals surface area contributed by atoms with Crippen molar-refractivity contribution in [2.75, 3.05) is 0 Å². The fourth-order valence-corrected chi connectivity index (χ4v) is 0.558. The molecule has 0 saturated heterocycles. The summed E-state index contributed by atoms with van der Waals surface area (Å²) in [5.74, 6) is -1.52. The van der Waals surface area contributed by atoms with Crippen molar-refractivity contribution >= 4 is 11.9 Å². The van der Waals surface area contributed by atoms with Gasteiger partial charge in [0.05, 0.1) is 6.42 Å². The van der Waals surface area contributed by atoms with Crippen LogP contribution in [0.5, 0.6) is 0 Å². The largest absolute Gasteiger partial charge is 0.481 e. The van der Waals surface area contributed by atoms with Gasteiger partial charge in [0.1, 0.15) is 6.10 Å². The predicted octanol–water partition coefficient (Wildman–Crippen LogP) is 0.579. The van der Waals surface area contributed by atoms with Gasteiger partial charge < -0.3 is 9.84 Å². The summed E-state index contributed by atoms with van der Waals surface area (Å²) in [5.41, 5.74) is 0. The Bertz CT molecular complexity index is 157. The smallest absolute Gasteiger partial charge is 0.307 e. The average molecular weight is 158 g/mol. The van der Waals surface area contributed by atoms with E-state index in [0.717, 1.165) is 0 Å². The number of rotatable bonds is 4. The zero-order chi connectivity index (χ0) is 8.85. The minimum absolute atomic E-state index is 0.233. The molecule has 0 aromatic rings. The topological polar surface area (TPSA) is 63.6 Å². The van der Waals surface area contributed by atoms with Gasteiger partial charge in [0.15, 0.2) is 0 Å². The molecule has 1 atom stereocenters. The molecule has 0 heterocycles. The number of carboxylic acids is 1. The molecule has 1 unspecified atom stereocenters. The number of hydrogen-bond donors (Lipinski definition) is 1. The van der Waals surface area contributed by atoms with Crippen LogP contribution >= 0.6 is 0 Å². The maximum Gasteiger partial charge on any atom is 0.307 e. The summed E-state index contributed by atoms with van der Waals surface area (Å²) in [6, 6.07) is 0. The van der Waals surface area contributed by atoms with Crippen LogP contribution in [0.15, 0.2) is 12.7 Å². The Morgan fingerprint density at radius 2 is 2.27 bits per heavy atom. The zero-order valence-electron chi connectivity index (χ0n) is 6.24. The van der Waals surface area contributed by atoms with Gasteiger partial charge in [-0.15, -0.1) is 0 Å². The molecule has 0 bridgehead atoms. The Labute approximate surface area is 64.5 Å². The molecule has 0 spiro atoms. The van der Waals surface area contributed by atoms with Gasteiger partial charge in [-0.2, -0.15) is 0 Å². The highest BCUT2D eigenvalue weighted by Gasteiger charge is 2.11. The van der Waals surface area contributed by atoms with Crippen molar-refractivity contribution in [3.8, 4) is 0 Å². The minimum Gasteiger partial charge on any atom is -0.481 e. The molecule has 0 rings (SSSR count). The van der Waals surface area contributed by atoms with E-state index in [1.54, 1.807) is 0 Å². The number of carbonyl (C=O) groups excluding carboxylic acids is 1. The van der Waals surface area contributed by atoms with Crippen LogP contribution in [0.2, 0.25) is 0 Å². The molecule has 4 nitrogen and oxygen atoms in total. The SMILES string of the molecule is C=CC(CC(=O)O)OC(C)=O. The van der Waals surface area contributed by atoms with Crippen molar-refractivity contribution in [3.05, 3.63) is 12.7 Å². The molecule has 0 amide bonds. The fraction of sp³-hybridized carbons (Fsp3) is 0.429. The van der Waals surface area contributed by atoms with Crippen LogP contribution in [0.4, 0.5) is 0 Å². The van der Waals surface area contributed by atoms with Crippen LogP contribution in [0.25, 0.3) is 0 Å². The second kappa shape index (κ2) is 4.49. The van der Waals surface area contributed by atoms with Gasteiger partial charge in [0.2, 0.25) is 0 Å². The van der Waals surface area contributed by atoms with E-state index in [1.165, 1.54) is 13.0 Å². The average Bonchev–Trinajstić information content (AvgIpc) is 1.84. The number of aliphatic carboxylic acids is 1. The van der Waals surface area contributed by atoms with Crippen molar-refractivity contribution < 1.29 is 19.4 Å². The maximum absolute atomic E-state index is 10.3. The number of hydrogen-bond acceptors (Lipinski definition) is 3.